The number of hydrogen-bond acceptors (Lipinski definition) is 4. The number of thiazole rings is 1. The summed E-state index contributed by atoms with van der Waals surface area (Å²) in [6.07, 6.45) is 1.79. The third kappa shape index (κ3) is 4.29. The fourth-order valence-corrected chi connectivity index (χ4v) is 2.81. The molecule has 1 aromatic heterocycles. The van der Waals surface area contributed by atoms with E-state index in [0.717, 1.165) is 15.4 Å². The minimum absolute atomic E-state index is 0.131. The molecule has 2 aromatic rings. The van der Waals surface area contributed by atoms with Gasteiger partial charge in [0.05, 0.1) is 12.6 Å². The average molecular weight is 319 g/mol. The highest BCUT2D eigenvalue weighted by molar-refractivity contribution is 7.11. The molecule has 0 saturated carbocycles. The lowest BCUT2D eigenvalue weighted by Gasteiger charge is -2.24. The summed E-state index contributed by atoms with van der Waals surface area (Å²) in [6.45, 7) is 5.67. The molecule has 0 aliphatic rings. The first-order valence-corrected chi connectivity index (χ1v) is 7.95. The van der Waals surface area contributed by atoms with Crippen molar-refractivity contribution in [1.29, 1.82) is 0 Å². The number of rotatable bonds is 5. The van der Waals surface area contributed by atoms with Crippen LogP contribution in [0.25, 0.3) is 0 Å². The van der Waals surface area contributed by atoms with Crippen LogP contribution in [0.4, 0.5) is 4.79 Å². The Morgan fingerprint density at radius 2 is 2.09 bits per heavy atom. The van der Waals surface area contributed by atoms with E-state index in [9.17, 15) is 9.90 Å². The first-order chi connectivity index (χ1) is 10.4. The van der Waals surface area contributed by atoms with Crippen molar-refractivity contribution in [2.24, 2.45) is 0 Å². The smallest absolute Gasteiger partial charge is 0.315 e. The molecule has 3 N–H and O–H groups in total. The molecular formula is C16H21N3O2S. The van der Waals surface area contributed by atoms with E-state index in [0.29, 0.717) is 0 Å². The summed E-state index contributed by atoms with van der Waals surface area (Å²) in [5, 5.41) is 16.8. The van der Waals surface area contributed by atoms with Gasteiger partial charge < -0.3 is 15.7 Å². The van der Waals surface area contributed by atoms with E-state index in [4.69, 9.17) is 0 Å². The molecule has 0 spiro atoms. The maximum absolute atomic E-state index is 12.0. The van der Waals surface area contributed by atoms with Crippen LogP contribution in [0.1, 0.15) is 35.3 Å². The molecule has 22 heavy (non-hydrogen) atoms. The van der Waals surface area contributed by atoms with Gasteiger partial charge in [-0.25, -0.2) is 9.78 Å². The van der Waals surface area contributed by atoms with Gasteiger partial charge in [-0.15, -0.1) is 11.3 Å². The first-order valence-electron chi connectivity index (χ1n) is 7.13. The second-order valence-corrected chi connectivity index (χ2v) is 6.76. The van der Waals surface area contributed by atoms with Crippen LogP contribution in [0.15, 0.2) is 36.5 Å². The predicted octanol–water partition coefficient (Wildman–Crippen LogP) is 2.72. The molecule has 6 heteroatoms. The van der Waals surface area contributed by atoms with E-state index in [1.165, 1.54) is 0 Å². The summed E-state index contributed by atoms with van der Waals surface area (Å²) < 4.78 is 0. The molecule has 2 unspecified atom stereocenters. The van der Waals surface area contributed by atoms with Crippen molar-refractivity contribution in [1.82, 2.24) is 15.6 Å². The lowest BCUT2D eigenvalue weighted by atomic mass is 9.96. The van der Waals surface area contributed by atoms with Gasteiger partial charge in [0.25, 0.3) is 0 Å². The Morgan fingerprint density at radius 1 is 1.41 bits per heavy atom. The normalized spacial score (nSPS) is 14.9. The molecule has 2 atom stereocenters. The SMILES string of the molecule is Cc1cnc(C(C)NC(=O)NCC(C)(O)c2ccccc2)s1. The molecule has 2 rings (SSSR count). The number of urea groups is 1. The Labute approximate surface area is 134 Å². The van der Waals surface area contributed by atoms with Crippen molar-refractivity contribution >= 4 is 17.4 Å². The number of nitrogens with zero attached hydrogens (tertiary/aromatic N) is 1. The van der Waals surface area contributed by atoms with Gasteiger partial charge in [0.2, 0.25) is 0 Å². The van der Waals surface area contributed by atoms with Crippen LogP contribution >= 0.6 is 11.3 Å². The summed E-state index contributed by atoms with van der Waals surface area (Å²) in [6, 6.07) is 8.78. The van der Waals surface area contributed by atoms with Crippen molar-refractivity contribution in [3.8, 4) is 0 Å². The molecule has 0 aliphatic heterocycles. The van der Waals surface area contributed by atoms with E-state index in [2.05, 4.69) is 15.6 Å². The third-order valence-electron chi connectivity index (χ3n) is 3.35. The highest BCUT2D eigenvalue weighted by Crippen LogP contribution is 2.20. The zero-order chi connectivity index (χ0) is 16.2. The molecule has 0 saturated heterocycles. The van der Waals surface area contributed by atoms with Gasteiger partial charge >= 0.3 is 6.03 Å². The monoisotopic (exact) mass is 319 g/mol. The number of benzene rings is 1. The zero-order valence-corrected chi connectivity index (χ0v) is 13.8. The Balaban J connectivity index is 1.87. The quantitative estimate of drug-likeness (QED) is 0.793. The van der Waals surface area contributed by atoms with Crippen LogP contribution in [0.5, 0.6) is 0 Å². The second-order valence-electron chi connectivity index (χ2n) is 5.50. The number of aryl methyl sites for hydroxylation is 1. The lowest BCUT2D eigenvalue weighted by Crippen LogP contribution is -2.44. The van der Waals surface area contributed by atoms with E-state index < -0.39 is 5.60 Å². The van der Waals surface area contributed by atoms with Gasteiger partial charge in [-0.05, 0) is 26.3 Å². The maximum Gasteiger partial charge on any atom is 0.315 e. The molecule has 2 amide bonds. The average Bonchev–Trinajstić information content (AvgIpc) is 2.93. The van der Waals surface area contributed by atoms with Crippen LogP contribution in [0.3, 0.4) is 0 Å². The van der Waals surface area contributed by atoms with Crippen LogP contribution in [0.2, 0.25) is 0 Å². The highest BCUT2D eigenvalue weighted by Gasteiger charge is 2.24. The number of amides is 2. The first kappa shape index (κ1) is 16.5. The summed E-state index contributed by atoms with van der Waals surface area (Å²) >= 11 is 1.56. The van der Waals surface area contributed by atoms with Gasteiger partial charge in [0.1, 0.15) is 10.6 Å². The van der Waals surface area contributed by atoms with Crippen LogP contribution < -0.4 is 10.6 Å². The van der Waals surface area contributed by atoms with Crippen molar-refractivity contribution in [2.45, 2.75) is 32.4 Å². The predicted molar refractivity (Wildman–Crippen MR) is 87.8 cm³/mol. The van der Waals surface area contributed by atoms with Gasteiger partial charge in [-0.3, -0.25) is 0 Å². The number of aliphatic hydroxyl groups is 1. The van der Waals surface area contributed by atoms with Crippen molar-refractivity contribution in [2.75, 3.05) is 6.54 Å². The molecular weight excluding hydrogens is 298 g/mol. The molecule has 1 aromatic carbocycles. The molecule has 0 radical (unpaired) electrons. The molecule has 118 valence electrons. The van der Waals surface area contributed by atoms with Crippen LogP contribution in [0, 0.1) is 6.92 Å². The topological polar surface area (TPSA) is 74.2 Å². The van der Waals surface area contributed by atoms with Gasteiger partial charge in [-0.2, -0.15) is 0 Å². The maximum atomic E-state index is 12.0. The van der Waals surface area contributed by atoms with E-state index >= 15 is 0 Å². The van der Waals surface area contributed by atoms with Gasteiger partial charge in [-0.1, -0.05) is 30.3 Å². The fraction of sp³-hybridized carbons (Fsp3) is 0.375. The number of hydrogen-bond donors (Lipinski definition) is 3. The zero-order valence-electron chi connectivity index (χ0n) is 13.0. The Bertz CT molecular complexity index is 625. The number of carbonyl (C=O) groups excluding carboxylic acids is 1. The summed E-state index contributed by atoms with van der Waals surface area (Å²) in [7, 11) is 0. The van der Waals surface area contributed by atoms with Crippen LogP contribution in [-0.4, -0.2) is 22.7 Å². The third-order valence-corrected chi connectivity index (χ3v) is 4.44. The molecule has 0 aliphatic carbocycles. The van der Waals surface area contributed by atoms with Crippen molar-refractivity contribution < 1.29 is 9.90 Å². The van der Waals surface area contributed by atoms with Crippen LogP contribution in [-0.2, 0) is 5.60 Å². The Morgan fingerprint density at radius 3 is 2.68 bits per heavy atom. The summed E-state index contributed by atoms with van der Waals surface area (Å²) in [5.74, 6) is 0. The Hall–Kier alpha value is -1.92. The largest absolute Gasteiger partial charge is 0.384 e. The van der Waals surface area contributed by atoms with Crippen molar-refractivity contribution in [3.63, 3.8) is 0 Å². The standard InChI is InChI=1S/C16H21N3O2S/c1-11-9-17-14(22-11)12(2)19-15(20)18-10-16(3,21)13-7-5-4-6-8-13/h4-9,12,21H,10H2,1-3H3,(H2,18,19,20). The van der Waals surface area contributed by atoms with Crippen molar-refractivity contribution in [3.05, 3.63) is 52.0 Å². The van der Waals surface area contributed by atoms with Gasteiger partial charge in [0, 0.05) is 11.1 Å². The Kier molecular flexibility index (Phi) is 5.15. The number of nitrogens with one attached hydrogen (secondary N) is 2. The minimum Gasteiger partial charge on any atom is -0.384 e. The minimum atomic E-state index is -1.11. The highest BCUT2D eigenvalue weighted by atomic mass is 32.1. The summed E-state index contributed by atoms with van der Waals surface area (Å²) in [4.78, 5) is 17.3. The molecule has 0 fully saturated rings. The second kappa shape index (κ2) is 6.89. The van der Waals surface area contributed by atoms with E-state index in [-0.39, 0.29) is 18.6 Å². The number of aromatic nitrogens is 1. The fourth-order valence-electron chi connectivity index (χ4n) is 2.03. The molecule has 1 heterocycles. The van der Waals surface area contributed by atoms with E-state index in [1.54, 1.807) is 24.5 Å². The molecule has 5 nitrogen and oxygen atoms in total. The van der Waals surface area contributed by atoms with Gasteiger partial charge in [0.15, 0.2) is 0 Å². The molecule has 0 bridgehead atoms. The number of carbonyl (C=O) groups is 1. The van der Waals surface area contributed by atoms with E-state index in [1.807, 2.05) is 44.2 Å². The summed E-state index contributed by atoms with van der Waals surface area (Å²) in [5.41, 5.74) is -0.349. The lowest BCUT2D eigenvalue weighted by molar-refractivity contribution is 0.0593.